The summed E-state index contributed by atoms with van der Waals surface area (Å²) in [6.07, 6.45) is 1.67. The Balaban J connectivity index is 1.05. The van der Waals surface area contributed by atoms with Crippen LogP contribution in [-0.2, 0) is 0 Å². The van der Waals surface area contributed by atoms with Crippen LogP contribution in [0.4, 0.5) is 5.82 Å². The molecule has 1 saturated heterocycles. The first-order valence-corrected chi connectivity index (χ1v) is 15.3. The lowest BCUT2D eigenvalue weighted by molar-refractivity contribution is 0.0602. The molecule has 0 atom stereocenters. The number of amides is 1. The first-order valence-electron chi connectivity index (χ1n) is 15.3. The third kappa shape index (κ3) is 5.05. The molecule has 4 aromatic heterocycles. The standard InChI is InChI=1S/C37H30N8O2/c1-23-20-33(46)45(42-23)29-15-11-26(12-16-29)37(47)43-21-27(22-43)24-9-13-28(14-10-24)44-35(30-8-5-19-39-34(30)38)41-32-18-17-31(40-36(32)44)25-6-3-2-4-7-25/h2-20,27,46H,21-22H2,1H3,(H2,38,39). The number of anilines is 1. The average Bonchev–Trinajstić information content (AvgIpc) is 3.63. The van der Waals surface area contributed by atoms with Crippen molar-refractivity contribution in [2.45, 2.75) is 12.8 Å². The van der Waals surface area contributed by atoms with E-state index in [1.54, 1.807) is 36.5 Å². The number of imidazole rings is 1. The maximum absolute atomic E-state index is 13.2. The van der Waals surface area contributed by atoms with E-state index in [9.17, 15) is 9.90 Å². The third-order valence-corrected chi connectivity index (χ3v) is 8.62. The topological polar surface area (TPSA) is 128 Å². The minimum Gasteiger partial charge on any atom is -0.493 e. The minimum absolute atomic E-state index is 0.0193. The number of carbonyl (C=O) groups is 1. The number of nitrogens with zero attached hydrogens (tertiary/aromatic N) is 7. The molecule has 0 radical (unpaired) electrons. The van der Waals surface area contributed by atoms with Gasteiger partial charge in [0.15, 0.2) is 11.5 Å². The molecule has 10 nitrogen and oxygen atoms in total. The van der Waals surface area contributed by atoms with Crippen molar-refractivity contribution in [1.29, 1.82) is 0 Å². The number of hydrogen-bond acceptors (Lipinski definition) is 7. The zero-order valence-corrected chi connectivity index (χ0v) is 25.5. The molecule has 47 heavy (non-hydrogen) atoms. The van der Waals surface area contributed by atoms with E-state index in [1.807, 2.05) is 71.0 Å². The molecular weight excluding hydrogens is 588 g/mol. The van der Waals surface area contributed by atoms with Crippen molar-refractivity contribution in [3.63, 3.8) is 0 Å². The highest BCUT2D eigenvalue weighted by Gasteiger charge is 2.32. The van der Waals surface area contributed by atoms with E-state index < -0.39 is 0 Å². The van der Waals surface area contributed by atoms with Crippen LogP contribution in [-0.4, -0.2) is 58.3 Å². The first-order chi connectivity index (χ1) is 22.9. The molecule has 0 bridgehead atoms. The lowest BCUT2D eigenvalue weighted by Gasteiger charge is -2.39. The summed E-state index contributed by atoms with van der Waals surface area (Å²) in [5, 5.41) is 14.4. The van der Waals surface area contributed by atoms with E-state index in [0.717, 1.165) is 39.2 Å². The molecule has 8 rings (SSSR count). The molecule has 1 amide bonds. The summed E-state index contributed by atoms with van der Waals surface area (Å²) in [4.78, 5) is 29.4. The number of aryl methyl sites for hydroxylation is 1. The Bertz CT molecular complexity index is 2250. The van der Waals surface area contributed by atoms with Gasteiger partial charge in [0.25, 0.3) is 5.91 Å². The normalized spacial score (nSPS) is 13.2. The van der Waals surface area contributed by atoms with Gasteiger partial charge in [0, 0.05) is 48.1 Å². The van der Waals surface area contributed by atoms with E-state index in [-0.39, 0.29) is 17.7 Å². The number of hydrogen-bond donors (Lipinski definition) is 2. The number of fused-ring (bicyclic) bond motifs is 1. The maximum Gasteiger partial charge on any atom is 0.253 e. The Morgan fingerprint density at radius 1 is 0.851 bits per heavy atom. The van der Waals surface area contributed by atoms with Crippen molar-refractivity contribution in [3.05, 3.63) is 132 Å². The molecule has 10 heteroatoms. The van der Waals surface area contributed by atoms with Crippen LogP contribution < -0.4 is 5.73 Å². The maximum atomic E-state index is 13.2. The predicted octanol–water partition coefficient (Wildman–Crippen LogP) is 6.17. The SMILES string of the molecule is Cc1cc(O)n(-c2ccc(C(=O)N3CC(c4ccc(-n5c(-c6cccnc6N)nc6ccc(-c7ccccc7)nc65)cc4)C3)cc2)n1. The molecule has 0 aliphatic carbocycles. The number of pyridine rings is 2. The number of aromatic hydroxyl groups is 1. The van der Waals surface area contributed by atoms with Crippen LogP contribution in [0.3, 0.4) is 0 Å². The fourth-order valence-corrected chi connectivity index (χ4v) is 6.11. The Morgan fingerprint density at radius 2 is 1.60 bits per heavy atom. The monoisotopic (exact) mass is 618 g/mol. The van der Waals surface area contributed by atoms with Crippen LogP contribution in [0.15, 0.2) is 115 Å². The molecule has 230 valence electrons. The fourth-order valence-electron chi connectivity index (χ4n) is 6.11. The second-order valence-corrected chi connectivity index (χ2v) is 11.7. The van der Waals surface area contributed by atoms with Crippen molar-refractivity contribution in [3.8, 4) is 39.9 Å². The highest BCUT2D eigenvalue weighted by molar-refractivity contribution is 5.95. The summed E-state index contributed by atoms with van der Waals surface area (Å²) in [6.45, 7) is 3.08. The van der Waals surface area contributed by atoms with Gasteiger partial charge in [-0.05, 0) is 73.2 Å². The third-order valence-electron chi connectivity index (χ3n) is 8.62. The average molecular weight is 619 g/mol. The number of nitrogens with two attached hydrogens (primary N) is 1. The largest absolute Gasteiger partial charge is 0.493 e. The summed E-state index contributed by atoms with van der Waals surface area (Å²) < 4.78 is 3.48. The highest BCUT2D eigenvalue weighted by Crippen LogP contribution is 2.34. The second-order valence-electron chi connectivity index (χ2n) is 11.7. The lowest BCUT2D eigenvalue weighted by atomic mass is 9.90. The van der Waals surface area contributed by atoms with Crippen molar-refractivity contribution < 1.29 is 9.90 Å². The summed E-state index contributed by atoms with van der Waals surface area (Å²) in [6, 6.07) is 34.9. The van der Waals surface area contributed by atoms with Crippen LogP contribution in [0.25, 0.3) is 45.2 Å². The van der Waals surface area contributed by atoms with Crippen molar-refractivity contribution in [1.82, 2.24) is 34.2 Å². The number of aromatic nitrogens is 6. The first kappa shape index (κ1) is 28.2. The molecule has 0 saturated carbocycles. The fraction of sp³-hybridized carbons (Fsp3) is 0.108. The van der Waals surface area contributed by atoms with Crippen LogP contribution in [0.1, 0.15) is 27.5 Å². The van der Waals surface area contributed by atoms with E-state index in [1.165, 1.54) is 4.68 Å². The van der Waals surface area contributed by atoms with Crippen LogP contribution >= 0.6 is 0 Å². The van der Waals surface area contributed by atoms with E-state index in [4.69, 9.17) is 15.7 Å². The minimum atomic E-state index is -0.0193. The quantitative estimate of drug-likeness (QED) is 0.228. The Morgan fingerprint density at radius 3 is 2.30 bits per heavy atom. The summed E-state index contributed by atoms with van der Waals surface area (Å²) in [5.41, 5.74) is 14.5. The molecule has 1 aliphatic rings. The Kier molecular flexibility index (Phi) is 6.75. The number of carbonyl (C=O) groups excluding carboxylic acids is 1. The molecule has 3 N–H and O–H groups in total. The van der Waals surface area contributed by atoms with Crippen molar-refractivity contribution >= 4 is 22.9 Å². The highest BCUT2D eigenvalue weighted by atomic mass is 16.3. The molecule has 3 aromatic carbocycles. The van der Waals surface area contributed by atoms with Gasteiger partial charge in [0.1, 0.15) is 11.3 Å². The van der Waals surface area contributed by atoms with Gasteiger partial charge >= 0.3 is 0 Å². The number of nitrogen functional groups attached to an aromatic ring is 1. The molecule has 5 heterocycles. The smallest absolute Gasteiger partial charge is 0.253 e. The van der Waals surface area contributed by atoms with E-state index in [0.29, 0.717) is 41.7 Å². The van der Waals surface area contributed by atoms with Gasteiger partial charge in [-0.25, -0.2) is 19.6 Å². The van der Waals surface area contributed by atoms with Gasteiger partial charge in [0.2, 0.25) is 5.88 Å². The molecule has 1 fully saturated rings. The molecule has 0 spiro atoms. The second kappa shape index (κ2) is 11.3. The Labute approximate surface area is 270 Å². The van der Waals surface area contributed by atoms with Crippen LogP contribution in [0.5, 0.6) is 5.88 Å². The predicted molar refractivity (Wildman–Crippen MR) is 181 cm³/mol. The van der Waals surface area contributed by atoms with Crippen molar-refractivity contribution in [2.75, 3.05) is 18.8 Å². The van der Waals surface area contributed by atoms with Crippen LogP contribution in [0, 0.1) is 6.92 Å². The van der Waals surface area contributed by atoms with E-state index >= 15 is 0 Å². The molecular formula is C37H30N8O2. The van der Waals surface area contributed by atoms with Crippen molar-refractivity contribution in [2.24, 2.45) is 0 Å². The van der Waals surface area contributed by atoms with Gasteiger partial charge in [-0.1, -0.05) is 42.5 Å². The molecule has 1 aliphatic heterocycles. The van der Waals surface area contributed by atoms with Gasteiger partial charge in [-0.15, -0.1) is 0 Å². The molecule has 7 aromatic rings. The number of likely N-dealkylation sites (tertiary alicyclic amines) is 1. The van der Waals surface area contributed by atoms with Gasteiger partial charge in [-0.3, -0.25) is 9.36 Å². The Hall–Kier alpha value is -6.29. The zero-order chi connectivity index (χ0) is 32.1. The van der Waals surface area contributed by atoms with Gasteiger partial charge < -0.3 is 15.7 Å². The molecule has 0 unspecified atom stereocenters. The summed E-state index contributed by atoms with van der Waals surface area (Å²) in [5.74, 6) is 1.33. The van der Waals surface area contributed by atoms with Crippen LogP contribution in [0.2, 0.25) is 0 Å². The zero-order valence-electron chi connectivity index (χ0n) is 25.5. The lowest BCUT2D eigenvalue weighted by Crippen LogP contribution is -2.48. The summed E-state index contributed by atoms with van der Waals surface area (Å²) in [7, 11) is 0. The number of benzene rings is 3. The van der Waals surface area contributed by atoms with Gasteiger partial charge in [0.05, 0.1) is 22.6 Å². The summed E-state index contributed by atoms with van der Waals surface area (Å²) >= 11 is 0. The number of rotatable bonds is 6. The van der Waals surface area contributed by atoms with E-state index in [2.05, 4.69) is 34.3 Å². The van der Waals surface area contributed by atoms with Gasteiger partial charge in [-0.2, -0.15) is 5.10 Å².